The molecule has 1 N–H and O–H groups in total. The average molecular weight is 373 g/mol. The zero-order valence-corrected chi connectivity index (χ0v) is 15.5. The summed E-state index contributed by atoms with van der Waals surface area (Å²) >= 11 is 0. The van der Waals surface area contributed by atoms with E-state index in [1.165, 1.54) is 0 Å². The minimum absolute atomic E-state index is 0.396. The van der Waals surface area contributed by atoms with Crippen molar-refractivity contribution in [3.05, 3.63) is 95.1 Å². The molecule has 0 aliphatic carbocycles. The van der Waals surface area contributed by atoms with Crippen LogP contribution >= 0.6 is 0 Å². The molecule has 3 aromatic rings. The van der Waals surface area contributed by atoms with Crippen molar-refractivity contribution < 1.29 is 14.4 Å². The van der Waals surface area contributed by atoms with Crippen molar-refractivity contribution in [1.29, 1.82) is 0 Å². The maximum absolute atomic E-state index is 12.1. The molecule has 140 valence electrons. The predicted molar refractivity (Wildman–Crippen MR) is 107 cm³/mol. The number of nitrogens with one attached hydrogen (secondary N) is 1. The monoisotopic (exact) mass is 373 g/mol. The summed E-state index contributed by atoms with van der Waals surface area (Å²) in [5, 5.41) is 7.72. The molecule has 0 aliphatic rings. The van der Waals surface area contributed by atoms with Crippen LogP contribution in [0.4, 0.5) is 11.4 Å². The van der Waals surface area contributed by atoms with E-state index < -0.39 is 11.9 Å². The highest BCUT2D eigenvalue weighted by molar-refractivity contribution is 5.96. The van der Waals surface area contributed by atoms with Crippen LogP contribution in [0, 0.1) is 13.8 Å². The maximum Gasteiger partial charge on any atom is 0.363 e. The largest absolute Gasteiger partial charge is 0.363 e. The van der Waals surface area contributed by atoms with E-state index in [0.717, 1.165) is 11.1 Å². The van der Waals surface area contributed by atoms with Gasteiger partial charge in [0.15, 0.2) is 0 Å². The molecule has 0 aliphatic heterocycles. The van der Waals surface area contributed by atoms with Gasteiger partial charge in [-0.2, -0.15) is 0 Å². The minimum Gasteiger partial charge on any atom is -0.338 e. The first kappa shape index (κ1) is 19.0. The first-order valence-electron chi connectivity index (χ1n) is 8.69. The standard InChI is InChI=1S/C22H19N3O3/c1-15-7-3-5-9-19(15)21(26)24-23-17-11-13-18(14-12-17)25-28-22(27)20-10-6-4-8-16(20)2/h3-14,25H,1-2H3. The Kier molecular flexibility index (Phi) is 5.91. The molecule has 0 bridgehead atoms. The lowest BCUT2D eigenvalue weighted by molar-refractivity contribution is 0.0595. The Bertz CT molecular complexity index is 1030. The molecule has 3 aromatic carbocycles. The van der Waals surface area contributed by atoms with E-state index >= 15 is 0 Å². The van der Waals surface area contributed by atoms with Crippen LogP contribution in [0.3, 0.4) is 0 Å². The summed E-state index contributed by atoms with van der Waals surface area (Å²) in [6.07, 6.45) is 0. The van der Waals surface area contributed by atoms with Gasteiger partial charge in [0.2, 0.25) is 0 Å². The average Bonchev–Trinajstić information content (AvgIpc) is 2.71. The molecule has 0 spiro atoms. The van der Waals surface area contributed by atoms with Crippen molar-refractivity contribution in [2.75, 3.05) is 5.48 Å². The number of rotatable bonds is 5. The molecule has 0 saturated carbocycles. The number of aryl methyl sites for hydroxylation is 2. The van der Waals surface area contributed by atoms with Gasteiger partial charge >= 0.3 is 5.97 Å². The van der Waals surface area contributed by atoms with Crippen LogP contribution in [0.1, 0.15) is 31.8 Å². The van der Waals surface area contributed by atoms with Crippen molar-refractivity contribution in [3.8, 4) is 0 Å². The van der Waals surface area contributed by atoms with Crippen LogP contribution in [-0.4, -0.2) is 11.9 Å². The number of nitrogens with zero attached hydrogens (tertiary/aromatic N) is 2. The second-order valence-electron chi connectivity index (χ2n) is 6.17. The highest BCUT2D eigenvalue weighted by Gasteiger charge is 2.10. The van der Waals surface area contributed by atoms with E-state index in [2.05, 4.69) is 15.7 Å². The van der Waals surface area contributed by atoms with Crippen molar-refractivity contribution in [2.45, 2.75) is 13.8 Å². The topological polar surface area (TPSA) is 80.1 Å². The molecular weight excluding hydrogens is 354 g/mol. The van der Waals surface area contributed by atoms with E-state index in [1.54, 1.807) is 48.5 Å². The van der Waals surface area contributed by atoms with Gasteiger partial charge in [-0.05, 0) is 61.4 Å². The van der Waals surface area contributed by atoms with Crippen LogP contribution in [0.25, 0.3) is 0 Å². The van der Waals surface area contributed by atoms with Gasteiger partial charge in [-0.15, -0.1) is 10.2 Å². The number of hydrogen-bond acceptors (Lipinski definition) is 5. The van der Waals surface area contributed by atoms with Gasteiger partial charge in [0.05, 0.1) is 16.9 Å². The van der Waals surface area contributed by atoms with Gasteiger partial charge in [0, 0.05) is 5.56 Å². The first-order chi connectivity index (χ1) is 13.5. The molecule has 28 heavy (non-hydrogen) atoms. The van der Waals surface area contributed by atoms with E-state index in [4.69, 9.17) is 4.84 Å². The number of hydrogen-bond donors (Lipinski definition) is 1. The molecule has 0 heterocycles. The molecule has 0 saturated heterocycles. The molecule has 0 atom stereocenters. The van der Waals surface area contributed by atoms with Crippen molar-refractivity contribution in [1.82, 2.24) is 0 Å². The zero-order valence-electron chi connectivity index (χ0n) is 15.5. The number of carbonyl (C=O) groups excluding carboxylic acids is 2. The van der Waals surface area contributed by atoms with Crippen molar-refractivity contribution in [2.24, 2.45) is 10.2 Å². The fourth-order valence-corrected chi connectivity index (χ4v) is 2.53. The smallest absolute Gasteiger partial charge is 0.338 e. The molecule has 0 unspecified atom stereocenters. The Morgan fingerprint density at radius 2 is 1.36 bits per heavy atom. The molecule has 0 radical (unpaired) electrons. The van der Waals surface area contributed by atoms with Crippen LogP contribution < -0.4 is 5.48 Å². The molecule has 0 fully saturated rings. The third-order valence-electron chi connectivity index (χ3n) is 4.13. The fourth-order valence-electron chi connectivity index (χ4n) is 2.53. The van der Waals surface area contributed by atoms with Crippen LogP contribution in [-0.2, 0) is 4.84 Å². The summed E-state index contributed by atoms with van der Waals surface area (Å²) in [6.45, 7) is 3.69. The lowest BCUT2D eigenvalue weighted by atomic mass is 10.1. The van der Waals surface area contributed by atoms with E-state index in [0.29, 0.717) is 22.5 Å². The molecule has 3 rings (SSSR count). The molecule has 6 heteroatoms. The van der Waals surface area contributed by atoms with Crippen molar-refractivity contribution >= 4 is 23.3 Å². The predicted octanol–water partition coefficient (Wildman–Crippen LogP) is 5.41. The van der Waals surface area contributed by atoms with Gasteiger partial charge in [0.25, 0.3) is 5.91 Å². The third kappa shape index (κ3) is 4.67. The maximum atomic E-state index is 12.1. The summed E-state index contributed by atoms with van der Waals surface area (Å²) in [4.78, 5) is 29.3. The summed E-state index contributed by atoms with van der Waals surface area (Å²) in [5.41, 5.74) is 6.40. The highest BCUT2D eigenvalue weighted by atomic mass is 16.7. The summed E-state index contributed by atoms with van der Waals surface area (Å²) in [7, 11) is 0. The molecule has 0 aromatic heterocycles. The van der Waals surface area contributed by atoms with Crippen LogP contribution in [0.5, 0.6) is 0 Å². The molecular formula is C22H19N3O3. The number of benzene rings is 3. The Morgan fingerprint density at radius 3 is 1.96 bits per heavy atom. The number of carbonyl (C=O) groups is 2. The normalized spacial score (nSPS) is 10.6. The number of azo groups is 1. The van der Waals surface area contributed by atoms with Crippen molar-refractivity contribution in [3.63, 3.8) is 0 Å². The van der Waals surface area contributed by atoms with Gasteiger partial charge in [-0.25, -0.2) is 10.3 Å². The Labute approximate surface area is 162 Å². The first-order valence-corrected chi connectivity index (χ1v) is 8.69. The fraction of sp³-hybridized carbons (Fsp3) is 0.0909. The lowest BCUT2D eigenvalue weighted by Crippen LogP contribution is -2.11. The Hall–Kier alpha value is -3.80. The molecule has 1 amide bonds. The van der Waals surface area contributed by atoms with E-state index in [-0.39, 0.29) is 0 Å². The van der Waals surface area contributed by atoms with Gasteiger partial charge < -0.3 is 4.84 Å². The summed E-state index contributed by atoms with van der Waals surface area (Å²) in [6, 6.07) is 21.1. The zero-order chi connectivity index (χ0) is 19.9. The molecule has 6 nitrogen and oxygen atoms in total. The Balaban J connectivity index is 1.59. The van der Waals surface area contributed by atoms with Gasteiger partial charge in [-0.1, -0.05) is 36.4 Å². The van der Waals surface area contributed by atoms with Crippen LogP contribution in [0.15, 0.2) is 83.0 Å². The quantitative estimate of drug-likeness (QED) is 0.479. The van der Waals surface area contributed by atoms with Gasteiger partial charge in [-0.3, -0.25) is 4.79 Å². The van der Waals surface area contributed by atoms with E-state index in [9.17, 15) is 9.59 Å². The minimum atomic E-state index is -0.467. The number of anilines is 1. The van der Waals surface area contributed by atoms with Crippen LogP contribution in [0.2, 0.25) is 0 Å². The Morgan fingerprint density at radius 1 is 0.786 bits per heavy atom. The second-order valence-corrected chi connectivity index (χ2v) is 6.17. The summed E-state index contributed by atoms with van der Waals surface area (Å²) in [5.74, 6) is -0.863. The number of amides is 1. The highest BCUT2D eigenvalue weighted by Crippen LogP contribution is 2.18. The lowest BCUT2D eigenvalue weighted by Gasteiger charge is -2.08. The van der Waals surface area contributed by atoms with Gasteiger partial charge in [0.1, 0.15) is 0 Å². The SMILES string of the molecule is Cc1ccccc1C(=O)N=Nc1ccc(NOC(=O)c2ccccc2C)cc1. The van der Waals surface area contributed by atoms with E-state index in [1.807, 2.05) is 38.1 Å². The third-order valence-corrected chi connectivity index (χ3v) is 4.13. The summed E-state index contributed by atoms with van der Waals surface area (Å²) < 4.78 is 0. The second kappa shape index (κ2) is 8.73.